The fourth-order valence-electron chi connectivity index (χ4n) is 0.533. The molecule has 1 aromatic rings. The van der Waals surface area contributed by atoms with Crippen molar-refractivity contribution in [1.29, 1.82) is 0 Å². The van der Waals surface area contributed by atoms with Crippen molar-refractivity contribution in [1.82, 2.24) is 0 Å². The second kappa shape index (κ2) is 8.71. The van der Waals surface area contributed by atoms with Crippen LogP contribution in [0.1, 0.15) is 0 Å². The third-order valence-electron chi connectivity index (χ3n) is 0.969. The van der Waals surface area contributed by atoms with Crippen LogP contribution < -0.4 is 0 Å². The third-order valence-corrected chi connectivity index (χ3v) is 1.50. The average Bonchev–Trinajstić information content (AvgIpc) is 2.08. The number of halogens is 1. The minimum absolute atomic E-state index is 0.389. The standard InChI is InChI=1S/C6H5Br.C3H8O2/c7-6-4-2-1-3-5-6;1-4-3-5-2/h1-5H;3H2,1-2H3. The van der Waals surface area contributed by atoms with E-state index >= 15 is 0 Å². The first kappa shape index (κ1) is 11.6. The van der Waals surface area contributed by atoms with Gasteiger partial charge < -0.3 is 9.47 Å². The molecule has 0 aliphatic carbocycles. The summed E-state index contributed by atoms with van der Waals surface area (Å²) in [5.41, 5.74) is 0. The molecular weight excluding hydrogens is 220 g/mol. The lowest BCUT2D eigenvalue weighted by Gasteiger charge is -1.87. The molecule has 0 N–H and O–H groups in total. The Morgan fingerprint density at radius 2 is 1.58 bits per heavy atom. The van der Waals surface area contributed by atoms with Crippen molar-refractivity contribution in [3.8, 4) is 0 Å². The van der Waals surface area contributed by atoms with E-state index < -0.39 is 0 Å². The lowest BCUT2D eigenvalue weighted by atomic mass is 10.4. The molecule has 0 amide bonds. The molecular formula is C9H13BrO2. The first-order valence-corrected chi connectivity index (χ1v) is 4.29. The van der Waals surface area contributed by atoms with Crippen molar-refractivity contribution in [2.45, 2.75) is 0 Å². The Bertz CT molecular complexity index is 175. The summed E-state index contributed by atoms with van der Waals surface area (Å²) in [5.74, 6) is 0. The summed E-state index contributed by atoms with van der Waals surface area (Å²) in [7, 11) is 3.17. The van der Waals surface area contributed by atoms with Gasteiger partial charge in [0.05, 0.1) is 0 Å². The van der Waals surface area contributed by atoms with Crippen molar-refractivity contribution < 1.29 is 9.47 Å². The fraction of sp³-hybridized carbons (Fsp3) is 0.333. The molecule has 12 heavy (non-hydrogen) atoms. The molecule has 68 valence electrons. The Labute approximate surface area is 81.6 Å². The third kappa shape index (κ3) is 7.72. The van der Waals surface area contributed by atoms with E-state index in [1.54, 1.807) is 14.2 Å². The molecule has 2 nitrogen and oxygen atoms in total. The highest BCUT2D eigenvalue weighted by molar-refractivity contribution is 9.10. The first-order valence-electron chi connectivity index (χ1n) is 3.49. The van der Waals surface area contributed by atoms with E-state index in [1.165, 1.54) is 0 Å². The quantitative estimate of drug-likeness (QED) is 0.731. The maximum absolute atomic E-state index is 4.47. The summed E-state index contributed by atoms with van der Waals surface area (Å²) in [6, 6.07) is 9.97. The van der Waals surface area contributed by atoms with Crippen LogP contribution in [0, 0.1) is 0 Å². The van der Waals surface area contributed by atoms with E-state index in [1.807, 2.05) is 30.3 Å². The Balaban J connectivity index is 0.000000217. The molecule has 0 aromatic heterocycles. The van der Waals surface area contributed by atoms with Crippen LogP contribution in [0.25, 0.3) is 0 Å². The molecule has 3 heteroatoms. The van der Waals surface area contributed by atoms with Gasteiger partial charge in [0, 0.05) is 18.7 Å². The predicted octanol–water partition coefficient (Wildman–Crippen LogP) is 2.69. The van der Waals surface area contributed by atoms with Crippen LogP contribution in [0.2, 0.25) is 0 Å². The molecule has 0 saturated heterocycles. The monoisotopic (exact) mass is 232 g/mol. The summed E-state index contributed by atoms with van der Waals surface area (Å²) in [4.78, 5) is 0. The van der Waals surface area contributed by atoms with E-state index in [2.05, 4.69) is 25.4 Å². The van der Waals surface area contributed by atoms with Gasteiger partial charge in [-0.15, -0.1) is 0 Å². The molecule has 0 aliphatic heterocycles. The first-order chi connectivity index (χ1) is 5.81. The largest absolute Gasteiger partial charge is 0.359 e. The SMILES string of the molecule is Brc1ccccc1.COCOC. The van der Waals surface area contributed by atoms with Crippen LogP contribution in [0.4, 0.5) is 0 Å². The topological polar surface area (TPSA) is 18.5 Å². The van der Waals surface area contributed by atoms with Gasteiger partial charge in [-0.2, -0.15) is 0 Å². The number of hydrogen-bond acceptors (Lipinski definition) is 2. The summed E-state index contributed by atoms with van der Waals surface area (Å²) in [6.45, 7) is 0.389. The Hall–Kier alpha value is -0.380. The van der Waals surface area contributed by atoms with E-state index in [0.29, 0.717) is 6.79 Å². The molecule has 0 fully saturated rings. The summed E-state index contributed by atoms with van der Waals surface area (Å²) in [5, 5.41) is 0. The Morgan fingerprint density at radius 1 is 1.08 bits per heavy atom. The lowest BCUT2D eigenvalue weighted by Crippen LogP contribution is -1.87. The predicted molar refractivity (Wildman–Crippen MR) is 53.0 cm³/mol. The van der Waals surface area contributed by atoms with Crippen molar-refractivity contribution in [3.63, 3.8) is 0 Å². The average molecular weight is 233 g/mol. The zero-order valence-electron chi connectivity index (χ0n) is 7.29. The highest BCUT2D eigenvalue weighted by Gasteiger charge is 1.74. The van der Waals surface area contributed by atoms with Gasteiger partial charge >= 0.3 is 0 Å². The number of methoxy groups -OCH3 is 2. The molecule has 0 unspecified atom stereocenters. The Kier molecular flexibility index (Phi) is 8.44. The molecule has 0 aliphatic rings. The summed E-state index contributed by atoms with van der Waals surface area (Å²) in [6.07, 6.45) is 0. The van der Waals surface area contributed by atoms with Crippen LogP contribution >= 0.6 is 15.9 Å². The van der Waals surface area contributed by atoms with Crippen molar-refractivity contribution >= 4 is 15.9 Å². The van der Waals surface area contributed by atoms with Gasteiger partial charge in [-0.05, 0) is 12.1 Å². The van der Waals surface area contributed by atoms with E-state index in [0.717, 1.165) is 4.47 Å². The number of rotatable bonds is 2. The van der Waals surface area contributed by atoms with Gasteiger partial charge in [0.1, 0.15) is 6.79 Å². The molecule has 0 heterocycles. The van der Waals surface area contributed by atoms with Crippen molar-refractivity contribution in [2.24, 2.45) is 0 Å². The van der Waals surface area contributed by atoms with Crippen molar-refractivity contribution in [2.75, 3.05) is 21.0 Å². The van der Waals surface area contributed by atoms with E-state index in [-0.39, 0.29) is 0 Å². The molecule has 1 rings (SSSR count). The zero-order chi connectivity index (χ0) is 9.23. The van der Waals surface area contributed by atoms with E-state index in [4.69, 9.17) is 0 Å². The summed E-state index contributed by atoms with van der Waals surface area (Å²) >= 11 is 3.31. The highest BCUT2D eigenvalue weighted by atomic mass is 79.9. The van der Waals surface area contributed by atoms with Crippen LogP contribution in [0.15, 0.2) is 34.8 Å². The lowest BCUT2D eigenvalue weighted by molar-refractivity contribution is -0.00271. The molecule has 0 bridgehead atoms. The molecule has 0 atom stereocenters. The van der Waals surface area contributed by atoms with Crippen molar-refractivity contribution in [3.05, 3.63) is 34.8 Å². The maximum atomic E-state index is 4.47. The minimum atomic E-state index is 0.389. The normalized spacial score (nSPS) is 8.58. The number of ether oxygens (including phenoxy) is 2. The van der Waals surface area contributed by atoms with Gasteiger partial charge in [0.15, 0.2) is 0 Å². The van der Waals surface area contributed by atoms with Gasteiger partial charge in [-0.25, -0.2) is 0 Å². The van der Waals surface area contributed by atoms with Gasteiger partial charge in [-0.1, -0.05) is 34.1 Å². The Morgan fingerprint density at radius 3 is 1.75 bits per heavy atom. The second-order valence-corrected chi connectivity index (χ2v) is 2.91. The van der Waals surface area contributed by atoms with Gasteiger partial charge in [-0.3, -0.25) is 0 Å². The molecule has 0 saturated carbocycles. The summed E-state index contributed by atoms with van der Waals surface area (Å²) < 4.78 is 10.1. The molecule has 0 spiro atoms. The van der Waals surface area contributed by atoms with Gasteiger partial charge in [0.25, 0.3) is 0 Å². The minimum Gasteiger partial charge on any atom is -0.359 e. The van der Waals surface area contributed by atoms with Crippen LogP contribution in [0.5, 0.6) is 0 Å². The fourth-order valence-corrected chi connectivity index (χ4v) is 0.838. The van der Waals surface area contributed by atoms with E-state index in [9.17, 15) is 0 Å². The smallest absolute Gasteiger partial charge is 0.145 e. The highest BCUT2D eigenvalue weighted by Crippen LogP contribution is 2.05. The van der Waals surface area contributed by atoms with Crippen LogP contribution in [-0.2, 0) is 9.47 Å². The molecule has 0 radical (unpaired) electrons. The maximum Gasteiger partial charge on any atom is 0.145 e. The number of hydrogen-bond donors (Lipinski definition) is 0. The van der Waals surface area contributed by atoms with Crippen LogP contribution in [-0.4, -0.2) is 21.0 Å². The molecule has 1 aromatic carbocycles. The zero-order valence-corrected chi connectivity index (χ0v) is 8.87. The van der Waals surface area contributed by atoms with Crippen LogP contribution in [0.3, 0.4) is 0 Å². The van der Waals surface area contributed by atoms with Gasteiger partial charge in [0.2, 0.25) is 0 Å². The second-order valence-electron chi connectivity index (χ2n) is 1.99. The number of benzene rings is 1.